The van der Waals surface area contributed by atoms with Gasteiger partial charge in [-0.1, -0.05) is 6.07 Å². The van der Waals surface area contributed by atoms with Crippen molar-refractivity contribution in [1.29, 1.82) is 0 Å². The van der Waals surface area contributed by atoms with Crippen molar-refractivity contribution in [2.45, 2.75) is 19.4 Å². The molecule has 3 N–H and O–H groups in total. The van der Waals surface area contributed by atoms with Crippen LogP contribution in [0.1, 0.15) is 13.3 Å². The number of fused-ring (bicyclic) bond motifs is 1. The van der Waals surface area contributed by atoms with Crippen molar-refractivity contribution in [2.75, 3.05) is 24.8 Å². The molecule has 1 aromatic heterocycles. The Morgan fingerprint density at radius 3 is 3.06 bits per heavy atom. The molecule has 0 aliphatic heterocycles. The van der Waals surface area contributed by atoms with Crippen LogP contribution in [0.15, 0.2) is 22.6 Å². The highest BCUT2D eigenvalue weighted by molar-refractivity contribution is 5.86. The Balaban J connectivity index is 2.11. The minimum atomic E-state index is 0.240. The number of ether oxygens (including phenoxy) is 1. The van der Waals surface area contributed by atoms with Crippen molar-refractivity contribution in [3.63, 3.8) is 0 Å². The number of aromatic nitrogens is 1. The zero-order valence-corrected chi connectivity index (χ0v) is 10.1. The quantitative estimate of drug-likeness (QED) is 0.777. The van der Waals surface area contributed by atoms with Crippen LogP contribution < -0.4 is 11.1 Å². The predicted octanol–water partition coefficient (Wildman–Crippen LogP) is 2.25. The van der Waals surface area contributed by atoms with Gasteiger partial charge in [0.2, 0.25) is 0 Å². The second kappa shape index (κ2) is 5.05. The van der Waals surface area contributed by atoms with Crippen LogP contribution in [-0.2, 0) is 4.74 Å². The monoisotopic (exact) mass is 235 g/mol. The van der Waals surface area contributed by atoms with Gasteiger partial charge in [-0.3, -0.25) is 0 Å². The number of oxazole rings is 1. The van der Waals surface area contributed by atoms with Gasteiger partial charge in [0.1, 0.15) is 5.52 Å². The molecule has 1 unspecified atom stereocenters. The fourth-order valence-electron chi connectivity index (χ4n) is 1.61. The molecule has 92 valence electrons. The molecule has 0 saturated heterocycles. The third-order valence-electron chi connectivity index (χ3n) is 2.58. The maximum absolute atomic E-state index is 5.81. The lowest BCUT2D eigenvalue weighted by Gasteiger charge is -2.10. The van der Waals surface area contributed by atoms with E-state index in [9.17, 15) is 0 Å². The Bertz CT molecular complexity index is 495. The topological polar surface area (TPSA) is 73.3 Å². The lowest BCUT2D eigenvalue weighted by Crippen LogP contribution is -2.17. The van der Waals surface area contributed by atoms with Crippen molar-refractivity contribution < 1.29 is 9.15 Å². The third kappa shape index (κ3) is 2.68. The summed E-state index contributed by atoms with van der Waals surface area (Å²) < 4.78 is 10.6. The Hall–Kier alpha value is -1.75. The molecule has 0 amide bonds. The first-order chi connectivity index (χ1) is 8.20. The smallest absolute Gasteiger partial charge is 0.295 e. The Morgan fingerprint density at radius 1 is 1.53 bits per heavy atom. The number of nitrogens with one attached hydrogen (secondary N) is 1. The number of nitrogen functional groups attached to an aromatic ring is 1. The van der Waals surface area contributed by atoms with Gasteiger partial charge in [-0.25, -0.2) is 0 Å². The average Bonchev–Trinajstić information content (AvgIpc) is 2.70. The third-order valence-corrected chi connectivity index (χ3v) is 2.58. The van der Waals surface area contributed by atoms with Gasteiger partial charge in [-0.05, 0) is 25.5 Å². The Morgan fingerprint density at radius 2 is 2.35 bits per heavy atom. The summed E-state index contributed by atoms with van der Waals surface area (Å²) in [5.41, 5.74) is 7.84. The molecular formula is C12H17N3O2. The predicted molar refractivity (Wildman–Crippen MR) is 68.0 cm³/mol. The molecule has 0 spiro atoms. The highest BCUT2D eigenvalue weighted by atomic mass is 16.5. The fraction of sp³-hybridized carbons (Fsp3) is 0.417. The summed E-state index contributed by atoms with van der Waals surface area (Å²) in [6.07, 6.45) is 0.894. The number of anilines is 2. The van der Waals surface area contributed by atoms with Crippen molar-refractivity contribution >= 4 is 22.8 Å². The summed E-state index contributed by atoms with van der Waals surface area (Å²) in [7, 11) is 1.69. The second-order valence-corrected chi connectivity index (χ2v) is 4.04. The van der Waals surface area contributed by atoms with Gasteiger partial charge in [0, 0.05) is 19.8 Å². The van der Waals surface area contributed by atoms with E-state index in [-0.39, 0.29) is 6.04 Å². The lowest BCUT2D eigenvalue weighted by molar-refractivity contribution is 0.191. The number of benzene rings is 1. The van der Waals surface area contributed by atoms with Crippen molar-refractivity contribution in [1.82, 2.24) is 4.98 Å². The Labute approximate surface area is 100.0 Å². The molecule has 0 bridgehead atoms. The van der Waals surface area contributed by atoms with Crippen LogP contribution in [0.5, 0.6) is 0 Å². The summed E-state index contributed by atoms with van der Waals surface area (Å²) in [5.74, 6) is 0. The molecule has 2 rings (SSSR count). The minimum Gasteiger partial charge on any atom is -0.423 e. The van der Waals surface area contributed by atoms with E-state index in [0.717, 1.165) is 6.42 Å². The molecule has 0 aliphatic rings. The number of nitrogens with two attached hydrogens (primary N) is 1. The Kier molecular flexibility index (Phi) is 3.49. The van der Waals surface area contributed by atoms with E-state index < -0.39 is 0 Å². The van der Waals surface area contributed by atoms with Gasteiger partial charge < -0.3 is 20.2 Å². The van der Waals surface area contributed by atoms with Crippen LogP contribution in [-0.4, -0.2) is 24.7 Å². The molecule has 5 heteroatoms. The van der Waals surface area contributed by atoms with Crippen LogP contribution in [0.2, 0.25) is 0 Å². The first-order valence-corrected chi connectivity index (χ1v) is 5.61. The lowest BCUT2D eigenvalue weighted by atomic mass is 10.2. The van der Waals surface area contributed by atoms with Crippen molar-refractivity contribution in [2.24, 2.45) is 0 Å². The number of rotatable bonds is 5. The zero-order valence-electron chi connectivity index (χ0n) is 10.1. The maximum Gasteiger partial charge on any atom is 0.295 e. The van der Waals surface area contributed by atoms with Gasteiger partial charge in [0.15, 0.2) is 5.58 Å². The maximum atomic E-state index is 5.81. The molecule has 0 fully saturated rings. The standard InChI is InChI=1S/C12H17N3O2/c1-8(6-7-16-2)14-12-15-11-9(13)4-3-5-10(11)17-12/h3-5,8H,6-7,13H2,1-2H3,(H,14,15). The van der Waals surface area contributed by atoms with Crippen LogP contribution >= 0.6 is 0 Å². The number of hydrogen-bond acceptors (Lipinski definition) is 5. The molecule has 1 atom stereocenters. The molecule has 0 saturated carbocycles. The second-order valence-electron chi connectivity index (χ2n) is 4.04. The molecule has 5 nitrogen and oxygen atoms in total. The van der Waals surface area contributed by atoms with E-state index in [1.54, 1.807) is 7.11 Å². The van der Waals surface area contributed by atoms with Crippen LogP contribution in [0.3, 0.4) is 0 Å². The van der Waals surface area contributed by atoms with Crippen LogP contribution in [0.4, 0.5) is 11.7 Å². The van der Waals surface area contributed by atoms with Gasteiger partial charge in [0.25, 0.3) is 6.01 Å². The van der Waals surface area contributed by atoms with Crippen LogP contribution in [0.25, 0.3) is 11.1 Å². The van der Waals surface area contributed by atoms with E-state index in [4.69, 9.17) is 14.9 Å². The van der Waals surface area contributed by atoms with Crippen molar-refractivity contribution in [3.05, 3.63) is 18.2 Å². The van der Waals surface area contributed by atoms with Crippen LogP contribution in [0, 0.1) is 0 Å². The van der Waals surface area contributed by atoms with E-state index in [2.05, 4.69) is 17.2 Å². The molecule has 0 aliphatic carbocycles. The van der Waals surface area contributed by atoms with Gasteiger partial charge >= 0.3 is 0 Å². The summed E-state index contributed by atoms with van der Waals surface area (Å²) >= 11 is 0. The largest absolute Gasteiger partial charge is 0.423 e. The normalized spacial score (nSPS) is 12.8. The van der Waals surface area contributed by atoms with E-state index in [0.29, 0.717) is 29.4 Å². The highest BCUT2D eigenvalue weighted by Crippen LogP contribution is 2.24. The number of para-hydroxylation sites is 1. The van der Waals surface area contributed by atoms with Gasteiger partial charge in [-0.2, -0.15) is 4.98 Å². The van der Waals surface area contributed by atoms with Gasteiger partial charge in [0.05, 0.1) is 5.69 Å². The molecule has 2 aromatic rings. The highest BCUT2D eigenvalue weighted by Gasteiger charge is 2.10. The summed E-state index contributed by atoms with van der Waals surface area (Å²) in [6, 6.07) is 6.25. The number of methoxy groups -OCH3 is 1. The number of nitrogens with zero attached hydrogens (tertiary/aromatic N) is 1. The molecule has 0 radical (unpaired) electrons. The fourth-order valence-corrected chi connectivity index (χ4v) is 1.61. The summed E-state index contributed by atoms with van der Waals surface area (Å²) in [5, 5.41) is 3.18. The molecule has 1 aromatic carbocycles. The van der Waals surface area contributed by atoms with E-state index >= 15 is 0 Å². The minimum absolute atomic E-state index is 0.240. The summed E-state index contributed by atoms with van der Waals surface area (Å²) in [6.45, 7) is 2.76. The molecular weight excluding hydrogens is 218 g/mol. The number of hydrogen-bond donors (Lipinski definition) is 2. The van der Waals surface area contributed by atoms with Crippen molar-refractivity contribution in [3.8, 4) is 0 Å². The van der Waals surface area contributed by atoms with E-state index in [1.807, 2.05) is 18.2 Å². The zero-order chi connectivity index (χ0) is 12.3. The summed E-state index contributed by atoms with van der Waals surface area (Å²) in [4.78, 5) is 4.32. The first kappa shape index (κ1) is 11.7. The average molecular weight is 235 g/mol. The first-order valence-electron chi connectivity index (χ1n) is 5.61. The molecule has 1 heterocycles. The SMILES string of the molecule is COCCC(C)Nc1nc2c(N)cccc2o1. The van der Waals surface area contributed by atoms with Gasteiger partial charge in [-0.15, -0.1) is 0 Å². The van der Waals surface area contributed by atoms with E-state index in [1.165, 1.54) is 0 Å². The molecule has 17 heavy (non-hydrogen) atoms.